The summed E-state index contributed by atoms with van der Waals surface area (Å²) in [7, 11) is -2.20. The number of rotatable bonds is 5. The van der Waals surface area contributed by atoms with E-state index in [0.717, 1.165) is 11.3 Å². The Kier molecular flexibility index (Phi) is 4.72. The molecule has 3 N–H and O–H groups in total. The molecule has 1 heterocycles. The highest BCUT2D eigenvalue weighted by molar-refractivity contribution is 7.91. The summed E-state index contributed by atoms with van der Waals surface area (Å²) in [5.41, 5.74) is 6.47. The highest BCUT2D eigenvalue weighted by Gasteiger charge is 2.22. The standard InChI is InChI=1S/C12H14ClN3O3S2/c1-7-11(20-12(14)16-7)21(17,18)15-6-8-9(13)4-3-5-10(8)19-2/h3-5,15H,6H2,1-2H3,(H2,14,16). The van der Waals surface area contributed by atoms with Gasteiger partial charge in [0.15, 0.2) is 9.34 Å². The third-order valence-electron chi connectivity index (χ3n) is 2.75. The van der Waals surface area contributed by atoms with Gasteiger partial charge in [0.1, 0.15) is 5.75 Å². The molecule has 0 amide bonds. The van der Waals surface area contributed by atoms with Crippen LogP contribution in [0.4, 0.5) is 5.13 Å². The van der Waals surface area contributed by atoms with Gasteiger partial charge < -0.3 is 10.5 Å². The molecule has 2 aromatic rings. The van der Waals surface area contributed by atoms with Crippen LogP contribution in [0.2, 0.25) is 5.02 Å². The zero-order valence-electron chi connectivity index (χ0n) is 11.4. The zero-order chi connectivity index (χ0) is 15.6. The number of ether oxygens (including phenoxy) is 1. The number of nitrogens with two attached hydrogens (primary N) is 1. The molecular weight excluding hydrogens is 334 g/mol. The maximum atomic E-state index is 12.3. The number of sulfonamides is 1. The maximum Gasteiger partial charge on any atom is 0.252 e. The van der Waals surface area contributed by atoms with Crippen LogP contribution in [0.25, 0.3) is 0 Å². The van der Waals surface area contributed by atoms with Crippen molar-refractivity contribution in [3.63, 3.8) is 0 Å². The van der Waals surface area contributed by atoms with Gasteiger partial charge in [0.05, 0.1) is 12.8 Å². The molecule has 0 unspecified atom stereocenters. The van der Waals surface area contributed by atoms with Crippen molar-refractivity contribution in [3.05, 3.63) is 34.5 Å². The highest BCUT2D eigenvalue weighted by atomic mass is 35.5. The van der Waals surface area contributed by atoms with Gasteiger partial charge in [-0.1, -0.05) is 29.0 Å². The molecule has 21 heavy (non-hydrogen) atoms. The van der Waals surface area contributed by atoms with E-state index < -0.39 is 10.0 Å². The van der Waals surface area contributed by atoms with E-state index in [4.69, 9.17) is 22.1 Å². The lowest BCUT2D eigenvalue weighted by molar-refractivity contribution is 0.409. The minimum absolute atomic E-state index is 0.0163. The fourth-order valence-corrected chi connectivity index (χ4v) is 4.36. The topological polar surface area (TPSA) is 94.3 Å². The van der Waals surface area contributed by atoms with Crippen molar-refractivity contribution in [2.75, 3.05) is 12.8 Å². The Balaban J connectivity index is 2.26. The van der Waals surface area contributed by atoms with Gasteiger partial charge in [-0.05, 0) is 19.1 Å². The second-order valence-corrected chi connectivity index (χ2v) is 7.57. The van der Waals surface area contributed by atoms with Crippen LogP contribution in [0.3, 0.4) is 0 Å². The Morgan fingerprint density at radius 3 is 2.76 bits per heavy atom. The Bertz CT molecular complexity index is 759. The molecule has 0 aliphatic carbocycles. The van der Waals surface area contributed by atoms with Crippen molar-refractivity contribution < 1.29 is 13.2 Å². The van der Waals surface area contributed by atoms with E-state index in [1.807, 2.05) is 0 Å². The van der Waals surface area contributed by atoms with Crippen molar-refractivity contribution >= 4 is 38.1 Å². The fourth-order valence-electron chi connectivity index (χ4n) is 1.79. The summed E-state index contributed by atoms with van der Waals surface area (Å²) in [5, 5.41) is 0.640. The molecule has 0 bridgehead atoms. The molecule has 9 heteroatoms. The van der Waals surface area contributed by atoms with E-state index in [-0.39, 0.29) is 15.9 Å². The average molecular weight is 348 g/mol. The van der Waals surface area contributed by atoms with Crippen molar-refractivity contribution in [3.8, 4) is 5.75 Å². The smallest absolute Gasteiger partial charge is 0.252 e. The normalized spacial score (nSPS) is 11.6. The first-order chi connectivity index (χ1) is 9.85. The number of aromatic nitrogens is 1. The minimum Gasteiger partial charge on any atom is -0.496 e. The van der Waals surface area contributed by atoms with Gasteiger partial charge in [0, 0.05) is 17.1 Å². The summed E-state index contributed by atoms with van der Waals surface area (Å²) in [5.74, 6) is 0.519. The molecule has 0 radical (unpaired) electrons. The van der Waals surface area contributed by atoms with Crippen LogP contribution in [0, 0.1) is 6.92 Å². The number of halogens is 1. The van der Waals surface area contributed by atoms with Crippen molar-refractivity contribution in [2.24, 2.45) is 0 Å². The van der Waals surface area contributed by atoms with E-state index in [2.05, 4.69) is 9.71 Å². The monoisotopic (exact) mass is 347 g/mol. The molecule has 0 aliphatic rings. The van der Waals surface area contributed by atoms with E-state index in [1.165, 1.54) is 7.11 Å². The second kappa shape index (κ2) is 6.18. The first-order valence-electron chi connectivity index (χ1n) is 5.89. The summed E-state index contributed by atoms with van der Waals surface area (Å²) in [6.45, 7) is 1.61. The quantitative estimate of drug-likeness (QED) is 0.864. The summed E-state index contributed by atoms with van der Waals surface area (Å²) < 4.78 is 32.3. The number of hydrogen-bond acceptors (Lipinski definition) is 6. The first kappa shape index (κ1) is 16.0. The predicted molar refractivity (Wildman–Crippen MR) is 83.3 cm³/mol. The van der Waals surface area contributed by atoms with Crippen LogP contribution >= 0.6 is 22.9 Å². The SMILES string of the molecule is COc1cccc(Cl)c1CNS(=O)(=O)c1sc(N)nc1C. The number of methoxy groups -OCH3 is 1. The molecular formula is C12H14ClN3O3S2. The molecule has 1 aromatic heterocycles. The van der Waals surface area contributed by atoms with Crippen molar-refractivity contribution in [1.82, 2.24) is 9.71 Å². The lowest BCUT2D eigenvalue weighted by Gasteiger charge is -2.11. The van der Waals surface area contributed by atoms with Crippen LogP contribution in [0.15, 0.2) is 22.4 Å². The number of thiazole rings is 1. The summed E-state index contributed by atoms with van der Waals surface area (Å²) in [6, 6.07) is 5.11. The molecule has 0 saturated heterocycles. The number of anilines is 1. The molecule has 6 nitrogen and oxygen atoms in total. The molecule has 0 spiro atoms. The molecule has 1 aromatic carbocycles. The molecule has 0 fully saturated rings. The van der Waals surface area contributed by atoms with E-state index in [0.29, 0.717) is 22.0 Å². The molecule has 0 saturated carbocycles. The number of hydrogen-bond donors (Lipinski definition) is 2. The summed E-state index contributed by atoms with van der Waals surface area (Å²) >= 11 is 7.00. The van der Waals surface area contributed by atoms with Crippen LogP contribution in [-0.2, 0) is 16.6 Å². The number of nitrogens with zero attached hydrogens (tertiary/aromatic N) is 1. The van der Waals surface area contributed by atoms with Gasteiger partial charge in [0.2, 0.25) is 0 Å². The first-order valence-corrected chi connectivity index (χ1v) is 8.57. The van der Waals surface area contributed by atoms with E-state index in [9.17, 15) is 8.42 Å². The fraction of sp³-hybridized carbons (Fsp3) is 0.250. The number of nitrogen functional groups attached to an aromatic ring is 1. The summed E-state index contributed by atoms with van der Waals surface area (Å²) in [4.78, 5) is 3.91. The Morgan fingerprint density at radius 1 is 1.48 bits per heavy atom. The summed E-state index contributed by atoms with van der Waals surface area (Å²) in [6.07, 6.45) is 0. The third-order valence-corrected chi connectivity index (χ3v) is 6.10. The van der Waals surface area contributed by atoms with Crippen molar-refractivity contribution in [2.45, 2.75) is 17.7 Å². The van der Waals surface area contributed by atoms with Gasteiger partial charge in [-0.2, -0.15) is 0 Å². The Hall–Kier alpha value is -1.35. The predicted octanol–water partition coefficient (Wildman–Crippen LogP) is 2.17. The molecule has 0 aliphatic heterocycles. The van der Waals surface area contributed by atoms with Crippen LogP contribution in [0.1, 0.15) is 11.3 Å². The zero-order valence-corrected chi connectivity index (χ0v) is 13.8. The lowest BCUT2D eigenvalue weighted by atomic mass is 10.2. The number of benzene rings is 1. The Morgan fingerprint density at radius 2 is 2.19 bits per heavy atom. The number of aryl methyl sites for hydroxylation is 1. The highest BCUT2D eigenvalue weighted by Crippen LogP contribution is 2.28. The maximum absolute atomic E-state index is 12.3. The van der Waals surface area contributed by atoms with Gasteiger partial charge in [0.25, 0.3) is 10.0 Å². The van der Waals surface area contributed by atoms with E-state index >= 15 is 0 Å². The van der Waals surface area contributed by atoms with Crippen LogP contribution < -0.4 is 15.2 Å². The molecule has 2 rings (SSSR count). The van der Waals surface area contributed by atoms with E-state index in [1.54, 1.807) is 25.1 Å². The largest absolute Gasteiger partial charge is 0.496 e. The van der Waals surface area contributed by atoms with Crippen LogP contribution in [-0.4, -0.2) is 20.5 Å². The molecule has 114 valence electrons. The van der Waals surface area contributed by atoms with Gasteiger partial charge in [-0.25, -0.2) is 18.1 Å². The minimum atomic E-state index is -3.70. The van der Waals surface area contributed by atoms with Gasteiger partial charge in [-0.15, -0.1) is 0 Å². The van der Waals surface area contributed by atoms with Crippen LogP contribution in [0.5, 0.6) is 5.75 Å². The third kappa shape index (κ3) is 3.46. The van der Waals surface area contributed by atoms with Gasteiger partial charge in [-0.3, -0.25) is 0 Å². The second-order valence-electron chi connectivity index (χ2n) is 4.17. The Labute approximate surface area is 132 Å². The van der Waals surface area contributed by atoms with Gasteiger partial charge >= 0.3 is 0 Å². The molecule has 0 atom stereocenters. The number of nitrogens with one attached hydrogen (secondary N) is 1. The lowest BCUT2D eigenvalue weighted by Crippen LogP contribution is -2.23. The average Bonchev–Trinajstić information content (AvgIpc) is 2.77. The van der Waals surface area contributed by atoms with Crippen molar-refractivity contribution in [1.29, 1.82) is 0 Å².